The van der Waals surface area contributed by atoms with E-state index in [9.17, 15) is 18.5 Å². The van der Waals surface area contributed by atoms with Crippen molar-refractivity contribution in [1.29, 1.82) is 0 Å². The van der Waals surface area contributed by atoms with Crippen LogP contribution in [0.25, 0.3) is 0 Å². The van der Waals surface area contributed by atoms with Crippen LogP contribution >= 0.6 is 0 Å². The van der Waals surface area contributed by atoms with Gasteiger partial charge in [0.1, 0.15) is 0 Å². The molecule has 1 saturated heterocycles. The topological polar surface area (TPSA) is 89.8 Å². The Hall–Kier alpha value is -2.33. The Labute approximate surface area is 203 Å². The van der Waals surface area contributed by atoms with Crippen LogP contribution in [0.3, 0.4) is 0 Å². The molecule has 1 fully saturated rings. The summed E-state index contributed by atoms with van der Waals surface area (Å²) in [5.41, 5.74) is 0.866. The van der Waals surface area contributed by atoms with Crippen LogP contribution < -0.4 is 0 Å². The fourth-order valence-electron chi connectivity index (χ4n) is 4.09. The average molecular weight is 503 g/mol. The highest BCUT2D eigenvalue weighted by Gasteiger charge is 2.50. The first-order valence-electron chi connectivity index (χ1n) is 11.4. The minimum absolute atomic E-state index is 0.0241. The first kappa shape index (κ1) is 26.3. The van der Waals surface area contributed by atoms with E-state index in [4.69, 9.17) is 4.43 Å². The van der Waals surface area contributed by atoms with Gasteiger partial charge < -0.3 is 4.43 Å². The van der Waals surface area contributed by atoms with Crippen LogP contribution in [0.4, 0.5) is 5.69 Å². The molecule has 0 spiro atoms. The highest BCUT2D eigenvalue weighted by molar-refractivity contribution is 7.89. The fraction of sp³-hybridized carbons (Fsp3) is 0.440. The number of hydrogen-bond donors (Lipinski definition) is 0. The molecule has 0 amide bonds. The molecule has 1 aliphatic heterocycles. The minimum atomic E-state index is -3.96. The third-order valence-electron chi connectivity index (χ3n) is 6.99. The van der Waals surface area contributed by atoms with Gasteiger partial charge in [0.15, 0.2) is 8.32 Å². The Morgan fingerprint density at radius 2 is 1.74 bits per heavy atom. The van der Waals surface area contributed by atoms with Crippen LogP contribution in [-0.2, 0) is 20.9 Å². The molecule has 7 nitrogen and oxygen atoms in total. The van der Waals surface area contributed by atoms with Gasteiger partial charge in [-0.2, -0.15) is 4.31 Å². The van der Waals surface area contributed by atoms with E-state index in [1.165, 1.54) is 28.6 Å². The first-order valence-corrected chi connectivity index (χ1v) is 15.7. The first-order chi connectivity index (χ1) is 15.8. The molecule has 2 aromatic rings. The maximum atomic E-state index is 13.9. The van der Waals surface area contributed by atoms with E-state index < -0.39 is 35.3 Å². The number of rotatable bonds is 8. The monoisotopic (exact) mass is 502 g/mol. The number of sulfonamides is 1. The number of nitro benzene ring substituents is 1. The molecule has 184 valence electrons. The molecule has 3 rings (SSSR count). The van der Waals surface area contributed by atoms with Crippen molar-refractivity contribution in [3.05, 3.63) is 82.9 Å². The maximum Gasteiger partial charge on any atom is 0.269 e. The van der Waals surface area contributed by atoms with Crippen molar-refractivity contribution in [2.24, 2.45) is 0 Å². The average Bonchev–Trinajstić information content (AvgIpc) is 3.10. The Morgan fingerprint density at radius 3 is 2.24 bits per heavy atom. The Balaban J connectivity index is 2.06. The molecule has 0 aliphatic carbocycles. The van der Waals surface area contributed by atoms with Gasteiger partial charge in [-0.1, -0.05) is 57.2 Å². The molecular weight excluding hydrogens is 468 g/mol. The van der Waals surface area contributed by atoms with E-state index in [2.05, 4.69) is 40.4 Å². The summed E-state index contributed by atoms with van der Waals surface area (Å²) in [6.45, 7) is 14.7. The molecule has 1 aliphatic rings. The van der Waals surface area contributed by atoms with Crippen LogP contribution in [0.2, 0.25) is 18.1 Å². The van der Waals surface area contributed by atoms with Gasteiger partial charge in [-0.3, -0.25) is 10.1 Å². The second-order valence-corrected chi connectivity index (χ2v) is 16.9. The van der Waals surface area contributed by atoms with Crippen LogP contribution in [0.1, 0.15) is 32.8 Å². The van der Waals surface area contributed by atoms with Gasteiger partial charge >= 0.3 is 0 Å². The molecular formula is C25H34N2O5SSi. The minimum Gasteiger partial charge on any atom is -0.412 e. The Kier molecular flexibility index (Phi) is 7.52. The lowest BCUT2D eigenvalue weighted by Gasteiger charge is -2.40. The summed E-state index contributed by atoms with van der Waals surface area (Å²) < 4.78 is 36.0. The normalized spacial score (nSPS) is 22.0. The predicted molar refractivity (Wildman–Crippen MR) is 137 cm³/mol. The van der Waals surface area contributed by atoms with Crippen molar-refractivity contribution >= 4 is 24.0 Å². The Bertz CT molecular complexity index is 1130. The second-order valence-electron chi connectivity index (χ2n) is 10.3. The molecule has 3 atom stereocenters. The zero-order valence-corrected chi connectivity index (χ0v) is 22.3. The van der Waals surface area contributed by atoms with Crippen molar-refractivity contribution in [2.75, 3.05) is 0 Å². The van der Waals surface area contributed by atoms with Crippen molar-refractivity contribution in [2.45, 2.75) is 74.8 Å². The van der Waals surface area contributed by atoms with Crippen molar-refractivity contribution in [3.8, 4) is 0 Å². The summed E-state index contributed by atoms with van der Waals surface area (Å²) in [4.78, 5) is 10.5. The van der Waals surface area contributed by atoms with Gasteiger partial charge in [0.25, 0.3) is 5.69 Å². The smallest absolute Gasteiger partial charge is 0.269 e. The van der Waals surface area contributed by atoms with E-state index in [0.717, 1.165) is 5.56 Å². The third kappa shape index (κ3) is 5.32. The number of hydrogen-bond acceptors (Lipinski definition) is 5. The molecule has 1 heterocycles. The standard InChI is InChI=1S/C25H34N2O5SSi/c1-7-20-18-24(32-34(5,6)25(2,3)4)23(17-19-11-9-8-10-12-19)26(20)33(30,31)22-15-13-21(14-16-22)27(28)29/h7-16,20,23-24H,1,17-18H2,2-6H3/t20-,23+,24+/m1/s1. The van der Waals surface area contributed by atoms with Crippen LogP contribution in [-0.4, -0.2) is 44.2 Å². The summed E-state index contributed by atoms with van der Waals surface area (Å²) >= 11 is 0. The SMILES string of the molecule is C=C[C@@H]1C[C@H](O[Si](C)(C)C(C)(C)C)[C@H](Cc2ccccc2)N1S(=O)(=O)c1ccc([N+](=O)[O-])cc1. The number of nitrogens with zero attached hydrogens (tertiary/aromatic N) is 2. The van der Waals surface area contributed by atoms with Crippen molar-refractivity contribution in [1.82, 2.24) is 4.31 Å². The van der Waals surface area contributed by atoms with Gasteiger partial charge in [0.05, 0.1) is 22.0 Å². The molecule has 9 heteroatoms. The van der Waals surface area contributed by atoms with E-state index in [-0.39, 0.29) is 21.7 Å². The number of non-ortho nitro benzene ring substituents is 1. The third-order valence-corrected chi connectivity index (χ3v) is 13.5. The van der Waals surface area contributed by atoms with E-state index in [1.807, 2.05) is 30.3 Å². The zero-order valence-electron chi connectivity index (χ0n) is 20.5. The van der Waals surface area contributed by atoms with Gasteiger partial charge in [-0.05, 0) is 48.7 Å². The lowest BCUT2D eigenvalue weighted by Crippen LogP contribution is -2.49. The molecule has 34 heavy (non-hydrogen) atoms. The molecule has 2 aromatic carbocycles. The van der Waals surface area contributed by atoms with Crippen molar-refractivity contribution < 1.29 is 17.8 Å². The highest BCUT2D eigenvalue weighted by Crippen LogP contribution is 2.42. The van der Waals surface area contributed by atoms with Crippen molar-refractivity contribution in [3.63, 3.8) is 0 Å². The summed E-state index contributed by atoms with van der Waals surface area (Å²) in [6.07, 6.45) is 2.38. The van der Waals surface area contributed by atoms with Crippen LogP contribution in [0, 0.1) is 10.1 Å². The molecule has 0 radical (unpaired) electrons. The fourth-order valence-corrected chi connectivity index (χ4v) is 7.27. The molecule has 0 N–H and O–H groups in total. The summed E-state index contributed by atoms with van der Waals surface area (Å²) in [5.74, 6) is 0. The van der Waals surface area contributed by atoms with Gasteiger partial charge in [-0.15, -0.1) is 6.58 Å². The summed E-state index contributed by atoms with van der Waals surface area (Å²) in [5, 5.41) is 11.0. The van der Waals surface area contributed by atoms with Gasteiger partial charge in [0.2, 0.25) is 10.0 Å². The molecule has 0 saturated carbocycles. The number of benzene rings is 2. The van der Waals surface area contributed by atoms with Crippen LogP contribution in [0.15, 0.2) is 72.1 Å². The lowest BCUT2D eigenvalue weighted by atomic mass is 10.0. The summed E-state index contributed by atoms with van der Waals surface area (Å²) in [6, 6.07) is 14.0. The van der Waals surface area contributed by atoms with E-state index in [1.54, 1.807) is 6.08 Å². The van der Waals surface area contributed by atoms with Crippen LogP contribution in [0.5, 0.6) is 0 Å². The highest BCUT2D eigenvalue weighted by atomic mass is 32.2. The van der Waals surface area contributed by atoms with E-state index in [0.29, 0.717) is 12.8 Å². The number of nitro groups is 1. The zero-order chi connectivity index (χ0) is 25.3. The van der Waals surface area contributed by atoms with Gasteiger partial charge in [-0.25, -0.2) is 8.42 Å². The lowest BCUT2D eigenvalue weighted by molar-refractivity contribution is -0.384. The second kappa shape index (κ2) is 9.73. The Morgan fingerprint density at radius 1 is 1.15 bits per heavy atom. The molecule has 0 unspecified atom stereocenters. The predicted octanol–water partition coefficient (Wildman–Crippen LogP) is 5.55. The largest absolute Gasteiger partial charge is 0.412 e. The molecule has 0 aromatic heterocycles. The summed E-state index contributed by atoms with van der Waals surface area (Å²) in [7, 11) is -6.15. The quantitative estimate of drug-likeness (QED) is 0.204. The van der Waals surface area contributed by atoms with Gasteiger partial charge in [0, 0.05) is 18.2 Å². The molecule has 0 bridgehead atoms. The van der Waals surface area contributed by atoms with E-state index >= 15 is 0 Å². The maximum absolute atomic E-state index is 13.9.